The molecule has 1 heterocycles. The summed E-state index contributed by atoms with van der Waals surface area (Å²) in [5, 5.41) is 0. The molecule has 1 aromatic rings. The molecule has 0 atom stereocenters. The van der Waals surface area contributed by atoms with Gasteiger partial charge in [-0.15, -0.1) is 6.58 Å². The Labute approximate surface area is 92.2 Å². The lowest BCUT2D eigenvalue weighted by molar-refractivity contribution is 0.0975. The van der Waals surface area contributed by atoms with Crippen molar-refractivity contribution in [3.05, 3.63) is 41.2 Å². The molecule has 0 bridgehead atoms. The summed E-state index contributed by atoms with van der Waals surface area (Å²) < 4.78 is 0.767. The normalized spacial score (nSPS) is 9.79. The average molecular weight is 254 g/mol. The van der Waals surface area contributed by atoms with E-state index in [0.29, 0.717) is 12.1 Å². The maximum Gasteiger partial charge on any atom is 0.182 e. The van der Waals surface area contributed by atoms with Crippen LogP contribution in [0, 0.1) is 0 Å². The highest BCUT2D eigenvalue weighted by Crippen LogP contribution is 2.15. The lowest BCUT2D eigenvalue weighted by Crippen LogP contribution is -2.02. The predicted molar refractivity (Wildman–Crippen MR) is 60.3 cm³/mol. The Bertz CT molecular complexity index is 336. The van der Waals surface area contributed by atoms with E-state index in [1.807, 2.05) is 12.1 Å². The van der Waals surface area contributed by atoms with E-state index in [-0.39, 0.29) is 5.78 Å². The lowest BCUT2D eigenvalue weighted by Gasteiger charge is -2.00. The predicted octanol–water partition coefficient (Wildman–Crippen LogP) is 3.38. The molecule has 0 aliphatic rings. The van der Waals surface area contributed by atoms with Crippen LogP contribution >= 0.6 is 15.9 Å². The van der Waals surface area contributed by atoms with Crippen LogP contribution in [0.2, 0.25) is 0 Å². The number of hydrogen-bond donors (Lipinski definition) is 0. The Hall–Kier alpha value is -0.960. The van der Waals surface area contributed by atoms with Gasteiger partial charge in [0.2, 0.25) is 0 Å². The molecule has 1 rings (SSSR count). The zero-order valence-electron chi connectivity index (χ0n) is 7.87. The molecule has 0 saturated carbocycles. The molecule has 0 N–H and O–H groups in total. The van der Waals surface area contributed by atoms with Gasteiger partial charge in [-0.1, -0.05) is 6.08 Å². The minimum atomic E-state index is 0.0827. The fraction of sp³-hybridized carbons (Fsp3) is 0.273. The minimum Gasteiger partial charge on any atom is -0.292 e. The molecule has 0 spiro atoms. The van der Waals surface area contributed by atoms with E-state index in [2.05, 4.69) is 27.5 Å². The van der Waals surface area contributed by atoms with Crippen molar-refractivity contribution in [2.75, 3.05) is 0 Å². The number of carbonyl (C=O) groups is 1. The van der Waals surface area contributed by atoms with Gasteiger partial charge in [0.25, 0.3) is 0 Å². The summed E-state index contributed by atoms with van der Waals surface area (Å²) in [6.07, 6.45) is 5.69. The topological polar surface area (TPSA) is 30.0 Å². The first-order valence-electron chi connectivity index (χ1n) is 4.50. The smallest absolute Gasteiger partial charge is 0.182 e. The van der Waals surface area contributed by atoms with Crippen LogP contribution in [-0.4, -0.2) is 10.8 Å². The van der Waals surface area contributed by atoms with Crippen molar-refractivity contribution in [3.8, 4) is 0 Å². The van der Waals surface area contributed by atoms with Crippen molar-refractivity contribution in [1.82, 2.24) is 4.98 Å². The second-order valence-electron chi connectivity index (χ2n) is 2.94. The first-order chi connectivity index (χ1) is 6.75. The van der Waals surface area contributed by atoms with Gasteiger partial charge in [-0.25, -0.2) is 0 Å². The zero-order chi connectivity index (χ0) is 10.4. The molecule has 3 heteroatoms. The summed E-state index contributed by atoms with van der Waals surface area (Å²) >= 11 is 3.30. The number of nitrogens with zero attached hydrogens (tertiary/aromatic N) is 1. The summed E-state index contributed by atoms with van der Waals surface area (Å²) in [4.78, 5) is 15.6. The standard InChI is InChI=1S/C11H12BrNO/c1-2-3-4-7-10(14)11-9(12)6-5-8-13-11/h2,5-6,8H,1,3-4,7H2. The highest BCUT2D eigenvalue weighted by molar-refractivity contribution is 9.10. The van der Waals surface area contributed by atoms with E-state index in [9.17, 15) is 4.79 Å². The molecule has 0 fully saturated rings. The summed E-state index contributed by atoms with van der Waals surface area (Å²) in [5.74, 6) is 0.0827. The third-order valence-electron chi connectivity index (χ3n) is 1.83. The maximum atomic E-state index is 11.6. The summed E-state index contributed by atoms with van der Waals surface area (Å²) in [6, 6.07) is 3.62. The van der Waals surface area contributed by atoms with Crippen molar-refractivity contribution in [1.29, 1.82) is 0 Å². The number of rotatable bonds is 5. The number of ketones is 1. The Kier molecular flexibility index (Phi) is 4.53. The number of pyridine rings is 1. The molecule has 74 valence electrons. The molecular formula is C11H12BrNO. The highest BCUT2D eigenvalue weighted by atomic mass is 79.9. The second kappa shape index (κ2) is 5.70. The number of allylic oxidation sites excluding steroid dienone is 1. The Morgan fingerprint density at radius 2 is 2.43 bits per heavy atom. The van der Waals surface area contributed by atoms with Gasteiger partial charge in [-0.05, 0) is 40.9 Å². The average Bonchev–Trinajstić information content (AvgIpc) is 2.18. The van der Waals surface area contributed by atoms with Gasteiger partial charge < -0.3 is 0 Å². The van der Waals surface area contributed by atoms with Crippen LogP contribution in [0.15, 0.2) is 35.5 Å². The second-order valence-corrected chi connectivity index (χ2v) is 3.79. The van der Waals surface area contributed by atoms with Crippen LogP contribution in [0.1, 0.15) is 29.8 Å². The number of aromatic nitrogens is 1. The number of unbranched alkanes of at least 4 members (excludes halogenated alkanes) is 1. The third kappa shape index (κ3) is 3.07. The van der Waals surface area contributed by atoms with Crippen LogP contribution in [0.5, 0.6) is 0 Å². The van der Waals surface area contributed by atoms with Crippen molar-refractivity contribution in [2.45, 2.75) is 19.3 Å². The first-order valence-corrected chi connectivity index (χ1v) is 5.29. The SMILES string of the molecule is C=CCCCC(=O)c1ncccc1Br. The summed E-state index contributed by atoms with van der Waals surface area (Å²) in [7, 11) is 0. The fourth-order valence-electron chi connectivity index (χ4n) is 1.12. The van der Waals surface area contributed by atoms with E-state index in [4.69, 9.17) is 0 Å². The van der Waals surface area contributed by atoms with Gasteiger partial charge in [0.05, 0.1) is 0 Å². The van der Waals surface area contributed by atoms with Crippen molar-refractivity contribution in [2.24, 2.45) is 0 Å². The number of carbonyl (C=O) groups excluding carboxylic acids is 1. The van der Waals surface area contributed by atoms with Gasteiger partial charge in [0, 0.05) is 17.1 Å². The van der Waals surface area contributed by atoms with E-state index >= 15 is 0 Å². The molecule has 0 unspecified atom stereocenters. The van der Waals surface area contributed by atoms with Gasteiger partial charge in [-0.3, -0.25) is 9.78 Å². The van der Waals surface area contributed by atoms with Gasteiger partial charge in [0.15, 0.2) is 5.78 Å². The van der Waals surface area contributed by atoms with E-state index in [1.54, 1.807) is 12.3 Å². The highest BCUT2D eigenvalue weighted by Gasteiger charge is 2.09. The molecule has 2 nitrogen and oxygen atoms in total. The molecule has 0 aromatic carbocycles. The van der Waals surface area contributed by atoms with Crippen molar-refractivity contribution < 1.29 is 4.79 Å². The van der Waals surface area contributed by atoms with Crippen LogP contribution in [-0.2, 0) is 0 Å². The van der Waals surface area contributed by atoms with E-state index in [0.717, 1.165) is 17.3 Å². The lowest BCUT2D eigenvalue weighted by atomic mass is 10.1. The molecule has 0 radical (unpaired) electrons. The van der Waals surface area contributed by atoms with Crippen LogP contribution in [0.4, 0.5) is 0 Å². The van der Waals surface area contributed by atoms with E-state index in [1.165, 1.54) is 0 Å². The largest absolute Gasteiger partial charge is 0.292 e. The molecule has 1 aromatic heterocycles. The quantitative estimate of drug-likeness (QED) is 0.458. The molecule has 0 aliphatic carbocycles. The van der Waals surface area contributed by atoms with Crippen LogP contribution in [0.25, 0.3) is 0 Å². The molecular weight excluding hydrogens is 242 g/mol. The van der Waals surface area contributed by atoms with Crippen LogP contribution in [0.3, 0.4) is 0 Å². The van der Waals surface area contributed by atoms with E-state index < -0.39 is 0 Å². The van der Waals surface area contributed by atoms with Crippen LogP contribution < -0.4 is 0 Å². The maximum absolute atomic E-state index is 11.6. The molecule has 0 saturated heterocycles. The Balaban J connectivity index is 2.60. The van der Waals surface area contributed by atoms with Gasteiger partial charge >= 0.3 is 0 Å². The molecule has 14 heavy (non-hydrogen) atoms. The first kappa shape index (κ1) is 11.1. The van der Waals surface area contributed by atoms with Crippen molar-refractivity contribution in [3.63, 3.8) is 0 Å². The zero-order valence-corrected chi connectivity index (χ0v) is 9.46. The summed E-state index contributed by atoms with van der Waals surface area (Å²) in [5.41, 5.74) is 0.525. The summed E-state index contributed by atoms with van der Waals surface area (Å²) in [6.45, 7) is 3.61. The Morgan fingerprint density at radius 1 is 1.64 bits per heavy atom. The fourth-order valence-corrected chi connectivity index (χ4v) is 1.59. The minimum absolute atomic E-state index is 0.0827. The number of halogens is 1. The van der Waals surface area contributed by atoms with Gasteiger partial charge in [0.1, 0.15) is 5.69 Å². The number of Topliss-reactive ketones (excluding diaryl/α,β-unsaturated/α-hetero) is 1. The Morgan fingerprint density at radius 3 is 3.07 bits per heavy atom. The van der Waals surface area contributed by atoms with Crippen molar-refractivity contribution >= 4 is 21.7 Å². The number of hydrogen-bond acceptors (Lipinski definition) is 2. The third-order valence-corrected chi connectivity index (χ3v) is 2.47. The monoisotopic (exact) mass is 253 g/mol. The van der Waals surface area contributed by atoms with Gasteiger partial charge in [-0.2, -0.15) is 0 Å². The molecule has 0 amide bonds. The molecule has 0 aliphatic heterocycles.